The summed E-state index contributed by atoms with van der Waals surface area (Å²) in [5, 5.41) is 9.95. The maximum absolute atomic E-state index is 11.6. The molecule has 0 aromatic heterocycles. The molecule has 0 amide bonds. The van der Waals surface area contributed by atoms with Crippen LogP contribution in [0.15, 0.2) is 0 Å². The van der Waals surface area contributed by atoms with Crippen LogP contribution in [0.1, 0.15) is 40.0 Å². The van der Waals surface area contributed by atoms with Crippen LogP contribution in [0.4, 0.5) is 0 Å². The van der Waals surface area contributed by atoms with Gasteiger partial charge < -0.3 is 5.11 Å². The first-order chi connectivity index (χ1) is 5.46. The van der Waals surface area contributed by atoms with Gasteiger partial charge in [-0.15, -0.1) is 0 Å². The number of hydrogen-bond donors (Lipinski definition) is 1. The summed E-state index contributed by atoms with van der Waals surface area (Å²) >= 11 is 0. The molecule has 0 aromatic rings. The van der Waals surface area contributed by atoms with E-state index in [9.17, 15) is 9.90 Å². The van der Waals surface area contributed by atoms with Crippen LogP contribution in [0.5, 0.6) is 0 Å². The molecule has 0 aliphatic heterocycles. The molecule has 0 saturated heterocycles. The number of hydrogen-bond acceptors (Lipinski definition) is 2. The van der Waals surface area contributed by atoms with Crippen molar-refractivity contribution in [3.05, 3.63) is 0 Å². The predicted octanol–water partition coefficient (Wildman–Crippen LogP) is 1.76. The SMILES string of the molecule is CC1CCC(O)(C(=O)C(C)C)C1. The van der Waals surface area contributed by atoms with Crippen molar-refractivity contribution in [1.82, 2.24) is 0 Å². The Morgan fingerprint density at radius 3 is 2.50 bits per heavy atom. The van der Waals surface area contributed by atoms with Gasteiger partial charge in [0.1, 0.15) is 5.60 Å². The van der Waals surface area contributed by atoms with Crippen LogP contribution in [0.2, 0.25) is 0 Å². The largest absolute Gasteiger partial charge is 0.382 e. The zero-order valence-electron chi connectivity index (χ0n) is 8.13. The molecule has 1 aliphatic carbocycles. The molecule has 0 heterocycles. The minimum atomic E-state index is -0.992. The Labute approximate surface area is 74.0 Å². The molecule has 0 spiro atoms. The van der Waals surface area contributed by atoms with E-state index in [0.717, 1.165) is 6.42 Å². The summed E-state index contributed by atoms with van der Waals surface area (Å²) in [5.41, 5.74) is -0.992. The van der Waals surface area contributed by atoms with E-state index in [4.69, 9.17) is 0 Å². The first-order valence-corrected chi connectivity index (χ1v) is 4.72. The van der Waals surface area contributed by atoms with Crippen molar-refractivity contribution in [2.75, 3.05) is 0 Å². The van der Waals surface area contributed by atoms with Crippen LogP contribution in [-0.2, 0) is 4.79 Å². The highest BCUT2D eigenvalue weighted by Gasteiger charge is 2.42. The van der Waals surface area contributed by atoms with Gasteiger partial charge in [0.25, 0.3) is 0 Å². The Bertz CT molecular complexity index is 186. The number of aliphatic hydroxyl groups is 1. The maximum atomic E-state index is 11.6. The van der Waals surface area contributed by atoms with Gasteiger partial charge in [0.05, 0.1) is 0 Å². The van der Waals surface area contributed by atoms with Crippen LogP contribution < -0.4 is 0 Å². The molecule has 1 fully saturated rings. The van der Waals surface area contributed by atoms with Gasteiger partial charge in [0, 0.05) is 5.92 Å². The van der Waals surface area contributed by atoms with Crippen LogP contribution >= 0.6 is 0 Å². The third-order valence-corrected chi connectivity index (χ3v) is 2.72. The topological polar surface area (TPSA) is 37.3 Å². The Hall–Kier alpha value is -0.370. The lowest BCUT2D eigenvalue weighted by Crippen LogP contribution is -2.38. The van der Waals surface area contributed by atoms with Crippen LogP contribution in [0.3, 0.4) is 0 Å². The summed E-state index contributed by atoms with van der Waals surface area (Å²) in [7, 11) is 0. The minimum Gasteiger partial charge on any atom is -0.382 e. The van der Waals surface area contributed by atoms with Gasteiger partial charge in [-0.1, -0.05) is 20.8 Å². The van der Waals surface area contributed by atoms with Crippen molar-refractivity contribution in [3.63, 3.8) is 0 Å². The highest BCUT2D eigenvalue weighted by Crippen LogP contribution is 2.36. The van der Waals surface area contributed by atoms with E-state index in [1.807, 2.05) is 13.8 Å². The summed E-state index contributed by atoms with van der Waals surface area (Å²) in [6, 6.07) is 0. The van der Waals surface area contributed by atoms with Crippen LogP contribution in [-0.4, -0.2) is 16.5 Å². The van der Waals surface area contributed by atoms with Gasteiger partial charge in [-0.25, -0.2) is 0 Å². The van der Waals surface area contributed by atoms with Gasteiger partial charge >= 0.3 is 0 Å². The lowest BCUT2D eigenvalue weighted by molar-refractivity contribution is -0.140. The summed E-state index contributed by atoms with van der Waals surface area (Å²) in [5.74, 6) is 0.477. The Balaban J connectivity index is 2.67. The monoisotopic (exact) mass is 170 g/mol. The van der Waals surface area contributed by atoms with E-state index in [1.54, 1.807) is 0 Å². The second kappa shape index (κ2) is 3.17. The normalized spacial score (nSPS) is 35.9. The van der Waals surface area contributed by atoms with E-state index < -0.39 is 5.60 Å². The number of rotatable bonds is 2. The fourth-order valence-electron chi connectivity index (χ4n) is 2.03. The summed E-state index contributed by atoms with van der Waals surface area (Å²) < 4.78 is 0. The fourth-order valence-corrected chi connectivity index (χ4v) is 2.03. The fraction of sp³-hybridized carbons (Fsp3) is 0.900. The van der Waals surface area contributed by atoms with Crippen molar-refractivity contribution in [1.29, 1.82) is 0 Å². The van der Waals surface area contributed by atoms with E-state index in [1.165, 1.54) is 0 Å². The molecule has 2 heteroatoms. The number of carbonyl (C=O) groups excluding carboxylic acids is 1. The average molecular weight is 170 g/mol. The zero-order chi connectivity index (χ0) is 9.35. The number of carbonyl (C=O) groups is 1. The van der Waals surface area contributed by atoms with Crippen molar-refractivity contribution in [2.24, 2.45) is 11.8 Å². The molecule has 0 aromatic carbocycles. The lowest BCUT2D eigenvalue weighted by Gasteiger charge is -2.22. The highest BCUT2D eigenvalue weighted by atomic mass is 16.3. The van der Waals surface area contributed by atoms with Gasteiger partial charge in [0.15, 0.2) is 5.78 Å². The first kappa shape index (κ1) is 9.72. The lowest BCUT2D eigenvalue weighted by atomic mass is 9.88. The minimum absolute atomic E-state index is 0.0202. The number of ketones is 1. The van der Waals surface area contributed by atoms with Gasteiger partial charge in [-0.2, -0.15) is 0 Å². The van der Waals surface area contributed by atoms with E-state index in [2.05, 4.69) is 6.92 Å². The van der Waals surface area contributed by atoms with E-state index in [-0.39, 0.29) is 11.7 Å². The second-order valence-corrected chi connectivity index (χ2v) is 4.40. The number of Topliss-reactive ketones (excluding diaryl/α,β-unsaturated/α-hetero) is 1. The molecular weight excluding hydrogens is 152 g/mol. The van der Waals surface area contributed by atoms with Crippen molar-refractivity contribution >= 4 is 5.78 Å². The van der Waals surface area contributed by atoms with Crippen LogP contribution in [0.25, 0.3) is 0 Å². The molecule has 70 valence electrons. The third kappa shape index (κ3) is 1.69. The molecule has 2 nitrogen and oxygen atoms in total. The standard InChI is InChI=1S/C10H18O2/c1-7(2)9(11)10(12)5-4-8(3)6-10/h7-8,12H,4-6H2,1-3H3. The summed E-state index contributed by atoms with van der Waals surface area (Å²) in [6.07, 6.45) is 2.30. The summed E-state index contributed by atoms with van der Waals surface area (Å²) in [4.78, 5) is 11.6. The molecule has 1 rings (SSSR count). The van der Waals surface area contributed by atoms with Crippen molar-refractivity contribution in [2.45, 2.75) is 45.6 Å². The molecule has 2 unspecified atom stereocenters. The molecule has 1 N–H and O–H groups in total. The maximum Gasteiger partial charge on any atom is 0.166 e. The Kier molecular flexibility index (Phi) is 2.57. The second-order valence-electron chi connectivity index (χ2n) is 4.40. The van der Waals surface area contributed by atoms with Crippen molar-refractivity contribution < 1.29 is 9.90 Å². The average Bonchev–Trinajstić information content (AvgIpc) is 2.31. The van der Waals surface area contributed by atoms with Crippen LogP contribution in [0, 0.1) is 11.8 Å². The Morgan fingerprint density at radius 2 is 2.17 bits per heavy atom. The molecule has 1 saturated carbocycles. The smallest absolute Gasteiger partial charge is 0.166 e. The molecule has 1 aliphatic rings. The Morgan fingerprint density at radius 1 is 1.58 bits per heavy atom. The molecule has 2 atom stereocenters. The molecule has 0 radical (unpaired) electrons. The highest BCUT2D eigenvalue weighted by molar-refractivity contribution is 5.88. The third-order valence-electron chi connectivity index (χ3n) is 2.72. The van der Waals surface area contributed by atoms with Gasteiger partial charge in [0.2, 0.25) is 0 Å². The molecule has 12 heavy (non-hydrogen) atoms. The molecular formula is C10H18O2. The predicted molar refractivity (Wildman–Crippen MR) is 47.8 cm³/mol. The van der Waals surface area contributed by atoms with Gasteiger partial charge in [-0.05, 0) is 25.2 Å². The van der Waals surface area contributed by atoms with E-state index >= 15 is 0 Å². The van der Waals surface area contributed by atoms with Crippen molar-refractivity contribution in [3.8, 4) is 0 Å². The first-order valence-electron chi connectivity index (χ1n) is 4.72. The van der Waals surface area contributed by atoms with E-state index in [0.29, 0.717) is 18.8 Å². The quantitative estimate of drug-likeness (QED) is 0.685. The summed E-state index contributed by atoms with van der Waals surface area (Å²) in [6.45, 7) is 5.79. The van der Waals surface area contributed by atoms with Gasteiger partial charge in [-0.3, -0.25) is 4.79 Å². The zero-order valence-corrected chi connectivity index (χ0v) is 8.13. The molecule has 0 bridgehead atoms.